The third-order valence-electron chi connectivity index (χ3n) is 2.97. The van der Waals surface area contributed by atoms with Crippen LogP contribution in [0.2, 0.25) is 0 Å². The van der Waals surface area contributed by atoms with Gasteiger partial charge in [0.25, 0.3) is 5.91 Å². The lowest BCUT2D eigenvalue weighted by molar-refractivity contribution is 0.102. The maximum atomic E-state index is 12.9. The van der Waals surface area contributed by atoms with E-state index in [0.717, 1.165) is 4.47 Å². The molecule has 3 aromatic rings. The Morgan fingerprint density at radius 2 is 1.83 bits per heavy atom. The third-order valence-corrected chi connectivity index (χ3v) is 4.31. The van der Waals surface area contributed by atoms with Crippen molar-refractivity contribution in [3.63, 3.8) is 0 Å². The topological polar surface area (TPSA) is 64.1 Å². The minimum absolute atomic E-state index is 0.256. The number of carbonyl (C=O) groups is 1. The first-order chi connectivity index (χ1) is 11.6. The summed E-state index contributed by atoms with van der Waals surface area (Å²) < 4.78 is 19.4. The Labute approximate surface area is 149 Å². The molecule has 0 saturated heterocycles. The molecule has 24 heavy (non-hydrogen) atoms. The van der Waals surface area contributed by atoms with Gasteiger partial charge in [-0.25, -0.2) is 4.39 Å². The van der Waals surface area contributed by atoms with Crippen LogP contribution >= 0.6 is 27.3 Å². The molecule has 8 heteroatoms. The number of aromatic nitrogens is 2. The number of benzene rings is 2. The molecule has 0 saturated carbocycles. The van der Waals surface area contributed by atoms with Crippen LogP contribution in [0.15, 0.2) is 53.0 Å². The van der Waals surface area contributed by atoms with Crippen molar-refractivity contribution < 1.29 is 13.9 Å². The summed E-state index contributed by atoms with van der Waals surface area (Å²) in [5.74, 6) is -0.0494. The molecule has 2 aromatic carbocycles. The molecular formula is C16H11BrFN3O2S. The van der Waals surface area contributed by atoms with Crippen LogP contribution < -0.4 is 10.1 Å². The number of nitrogens with zero attached hydrogens (tertiary/aromatic N) is 2. The summed E-state index contributed by atoms with van der Waals surface area (Å²) in [5.41, 5.74) is 0.347. The average Bonchev–Trinajstić information content (AvgIpc) is 3.02. The van der Waals surface area contributed by atoms with Crippen LogP contribution in [0.3, 0.4) is 0 Å². The molecule has 5 nitrogen and oxygen atoms in total. The molecule has 0 radical (unpaired) electrons. The number of ether oxygens (including phenoxy) is 1. The van der Waals surface area contributed by atoms with Crippen molar-refractivity contribution in [1.82, 2.24) is 10.2 Å². The van der Waals surface area contributed by atoms with Crippen LogP contribution in [0.5, 0.6) is 5.75 Å². The van der Waals surface area contributed by atoms with E-state index in [0.29, 0.717) is 21.5 Å². The smallest absolute Gasteiger partial charge is 0.257 e. The molecule has 1 amide bonds. The summed E-state index contributed by atoms with van der Waals surface area (Å²) in [5, 5.41) is 11.5. The maximum Gasteiger partial charge on any atom is 0.257 e. The first-order valence-electron chi connectivity index (χ1n) is 6.88. The minimum Gasteiger partial charge on any atom is -0.486 e. The van der Waals surface area contributed by atoms with E-state index < -0.39 is 5.82 Å². The number of carbonyl (C=O) groups excluding carboxylic acids is 1. The van der Waals surface area contributed by atoms with Crippen molar-refractivity contribution in [2.75, 3.05) is 5.32 Å². The summed E-state index contributed by atoms with van der Waals surface area (Å²) in [6.07, 6.45) is 0. The van der Waals surface area contributed by atoms with Gasteiger partial charge in [-0.3, -0.25) is 10.1 Å². The van der Waals surface area contributed by atoms with Crippen LogP contribution in [0.4, 0.5) is 9.52 Å². The molecule has 0 aliphatic rings. The van der Waals surface area contributed by atoms with E-state index in [1.165, 1.54) is 35.6 Å². The van der Waals surface area contributed by atoms with E-state index in [1.54, 1.807) is 0 Å². The molecule has 122 valence electrons. The van der Waals surface area contributed by atoms with Gasteiger partial charge in [0.05, 0.1) is 0 Å². The van der Waals surface area contributed by atoms with E-state index in [9.17, 15) is 9.18 Å². The summed E-state index contributed by atoms with van der Waals surface area (Å²) in [6, 6.07) is 12.7. The van der Waals surface area contributed by atoms with E-state index in [4.69, 9.17) is 4.74 Å². The van der Waals surface area contributed by atoms with Gasteiger partial charge >= 0.3 is 0 Å². The van der Waals surface area contributed by atoms with Crippen LogP contribution in [0, 0.1) is 5.82 Å². The Morgan fingerprint density at radius 3 is 2.54 bits per heavy atom. The number of nitrogens with one attached hydrogen (secondary N) is 1. The minimum atomic E-state index is -0.394. The van der Waals surface area contributed by atoms with Gasteiger partial charge in [0, 0.05) is 10.0 Å². The van der Waals surface area contributed by atoms with Crippen molar-refractivity contribution in [2.45, 2.75) is 6.61 Å². The van der Waals surface area contributed by atoms with Crippen molar-refractivity contribution in [1.29, 1.82) is 0 Å². The Hall–Kier alpha value is -2.32. The SMILES string of the molecule is O=C(Nc1nnc(COc2ccc(Br)cc2)s1)c1ccc(F)cc1. The quantitative estimate of drug-likeness (QED) is 0.685. The van der Waals surface area contributed by atoms with E-state index >= 15 is 0 Å². The molecule has 0 atom stereocenters. The third kappa shape index (κ3) is 4.36. The first kappa shape index (κ1) is 16.5. The Morgan fingerprint density at radius 1 is 1.12 bits per heavy atom. The molecular weight excluding hydrogens is 397 g/mol. The predicted molar refractivity (Wildman–Crippen MR) is 92.7 cm³/mol. The molecule has 0 aliphatic heterocycles. The fourth-order valence-electron chi connectivity index (χ4n) is 1.81. The molecule has 1 N–H and O–H groups in total. The highest BCUT2D eigenvalue weighted by atomic mass is 79.9. The predicted octanol–water partition coefficient (Wildman–Crippen LogP) is 4.27. The van der Waals surface area contributed by atoms with Crippen molar-refractivity contribution in [2.24, 2.45) is 0 Å². The molecule has 0 fully saturated rings. The second-order valence-corrected chi connectivity index (χ2v) is 6.68. The summed E-state index contributed by atoms with van der Waals surface area (Å²) >= 11 is 4.57. The second-order valence-electron chi connectivity index (χ2n) is 4.70. The molecule has 0 unspecified atom stereocenters. The largest absolute Gasteiger partial charge is 0.486 e. The lowest BCUT2D eigenvalue weighted by atomic mass is 10.2. The zero-order valence-corrected chi connectivity index (χ0v) is 14.6. The maximum absolute atomic E-state index is 12.9. The van der Waals surface area contributed by atoms with Gasteiger partial charge in [0.2, 0.25) is 5.13 Å². The molecule has 3 rings (SSSR count). The average molecular weight is 408 g/mol. The van der Waals surface area contributed by atoms with Crippen LogP contribution in [-0.2, 0) is 6.61 Å². The van der Waals surface area contributed by atoms with Crippen molar-refractivity contribution >= 4 is 38.3 Å². The lowest BCUT2D eigenvalue weighted by Crippen LogP contribution is -2.11. The lowest BCUT2D eigenvalue weighted by Gasteiger charge is -2.03. The summed E-state index contributed by atoms with van der Waals surface area (Å²) in [7, 11) is 0. The molecule has 1 heterocycles. The van der Waals surface area contributed by atoms with Crippen molar-refractivity contribution in [3.05, 3.63) is 69.4 Å². The second kappa shape index (κ2) is 7.50. The molecule has 0 spiro atoms. The van der Waals surface area contributed by atoms with Gasteiger partial charge < -0.3 is 4.74 Å². The van der Waals surface area contributed by atoms with Gasteiger partial charge in [-0.2, -0.15) is 0 Å². The van der Waals surface area contributed by atoms with Gasteiger partial charge in [0.15, 0.2) is 5.01 Å². The fraction of sp³-hybridized carbons (Fsp3) is 0.0625. The Balaban J connectivity index is 1.58. The highest BCUT2D eigenvalue weighted by Crippen LogP contribution is 2.20. The number of amides is 1. The van der Waals surface area contributed by atoms with Gasteiger partial charge in [0.1, 0.15) is 18.2 Å². The molecule has 0 aliphatic carbocycles. The number of hydrogen-bond donors (Lipinski definition) is 1. The highest BCUT2D eigenvalue weighted by Gasteiger charge is 2.10. The first-order valence-corrected chi connectivity index (χ1v) is 8.49. The van der Waals surface area contributed by atoms with Gasteiger partial charge in [-0.05, 0) is 48.5 Å². The van der Waals surface area contributed by atoms with Gasteiger partial charge in [-0.1, -0.05) is 27.3 Å². The number of anilines is 1. The monoisotopic (exact) mass is 407 g/mol. The summed E-state index contributed by atoms with van der Waals surface area (Å²) in [4.78, 5) is 12.0. The van der Waals surface area contributed by atoms with E-state index in [1.807, 2.05) is 24.3 Å². The van der Waals surface area contributed by atoms with Crippen LogP contribution in [0.1, 0.15) is 15.4 Å². The Kier molecular flexibility index (Phi) is 5.17. The molecule has 0 bridgehead atoms. The van der Waals surface area contributed by atoms with E-state index in [2.05, 4.69) is 31.4 Å². The van der Waals surface area contributed by atoms with Crippen LogP contribution in [-0.4, -0.2) is 16.1 Å². The van der Waals surface area contributed by atoms with Gasteiger partial charge in [-0.15, -0.1) is 10.2 Å². The van der Waals surface area contributed by atoms with Crippen molar-refractivity contribution in [3.8, 4) is 5.75 Å². The van der Waals surface area contributed by atoms with E-state index in [-0.39, 0.29) is 12.5 Å². The molecule has 1 aromatic heterocycles. The van der Waals surface area contributed by atoms with Crippen LogP contribution in [0.25, 0.3) is 0 Å². The number of hydrogen-bond acceptors (Lipinski definition) is 5. The number of rotatable bonds is 5. The highest BCUT2D eigenvalue weighted by molar-refractivity contribution is 9.10. The normalized spacial score (nSPS) is 10.4. The zero-order valence-electron chi connectivity index (χ0n) is 12.2. The number of halogens is 2. The zero-order chi connectivity index (χ0) is 16.9. The summed E-state index contributed by atoms with van der Waals surface area (Å²) in [6.45, 7) is 0.256. The fourth-order valence-corrected chi connectivity index (χ4v) is 2.72. The standard InChI is InChI=1S/C16H11BrFN3O2S/c17-11-3-7-13(8-4-11)23-9-14-20-21-16(24-14)19-15(22)10-1-5-12(18)6-2-10/h1-8H,9H2,(H,19,21,22). The Bertz CT molecular complexity index is 837.